The van der Waals surface area contributed by atoms with E-state index < -0.39 is 17.8 Å². The first-order valence-electron chi connectivity index (χ1n) is 6.00. The van der Waals surface area contributed by atoms with E-state index in [9.17, 15) is 14.0 Å². The van der Waals surface area contributed by atoms with Gasteiger partial charge in [0.15, 0.2) is 5.95 Å². The van der Waals surface area contributed by atoms with Crippen LogP contribution in [0.5, 0.6) is 0 Å². The van der Waals surface area contributed by atoms with E-state index in [2.05, 4.69) is 0 Å². The van der Waals surface area contributed by atoms with E-state index in [1.54, 1.807) is 12.1 Å². The molecule has 0 radical (unpaired) electrons. The summed E-state index contributed by atoms with van der Waals surface area (Å²) in [5.74, 6) is -1.93. The van der Waals surface area contributed by atoms with Crippen LogP contribution in [-0.4, -0.2) is 16.7 Å². The molecule has 1 aliphatic rings. The minimum atomic E-state index is -0.769. The van der Waals surface area contributed by atoms with Gasteiger partial charge in [0.25, 0.3) is 11.8 Å². The summed E-state index contributed by atoms with van der Waals surface area (Å²) < 4.78 is 13.8. The zero-order valence-electron chi connectivity index (χ0n) is 10.1. The van der Waals surface area contributed by atoms with Gasteiger partial charge in [0, 0.05) is 0 Å². The Labute approximate surface area is 105 Å². The molecule has 0 N–H and O–H groups in total. The minimum absolute atomic E-state index is 0.265. The predicted octanol–water partition coefficient (Wildman–Crippen LogP) is 3.28. The fourth-order valence-corrected chi connectivity index (χ4v) is 1.90. The lowest BCUT2D eigenvalue weighted by atomic mass is 10.1. The van der Waals surface area contributed by atoms with Crippen LogP contribution >= 0.6 is 0 Å². The van der Waals surface area contributed by atoms with E-state index in [0.29, 0.717) is 11.3 Å². The van der Waals surface area contributed by atoms with Gasteiger partial charge in [-0.1, -0.05) is 25.5 Å². The van der Waals surface area contributed by atoms with Crippen molar-refractivity contribution in [3.63, 3.8) is 0 Å². The number of unbranched alkanes of at least 4 members (excludes halogenated alkanes) is 2. The van der Waals surface area contributed by atoms with Gasteiger partial charge >= 0.3 is 0 Å². The third kappa shape index (κ3) is 2.06. The number of benzene rings is 1. The van der Waals surface area contributed by atoms with Gasteiger partial charge in [-0.15, -0.1) is 0 Å². The predicted molar refractivity (Wildman–Crippen MR) is 65.7 cm³/mol. The number of hydrogen-bond donors (Lipinski definition) is 0. The Morgan fingerprint density at radius 1 is 1.22 bits per heavy atom. The van der Waals surface area contributed by atoms with Crippen LogP contribution in [0.3, 0.4) is 0 Å². The average molecular weight is 247 g/mol. The van der Waals surface area contributed by atoms with Gasteiger partial charge in [0.1, 0.15) is 0 Å². The third-order valence-electron chi connectivity index (χ3n) is 2.88. The van der Waals surface area contributed by atoms with Crippen LogP contribution in [0, 0.1) is 0 Å². The van der Waals surface area contributed by atoms with Gasteiger partial charge in [0.2, 0.25) is 0 Å². The molecular weight excluding hydrogens is 233 g/mol. The standard InChI is InChI=1S/C14H14FNO2/c1-2-3-4-9-12(15)16-13(17)10-7-5-6-8-11(10)14(16)18/h5-9H,2-4H2,1H3/b12-9-. The van der Waals surface area contributed by atoms with E-state index in [1.807, 2.05) is 6.92 Å². The van der Waals surface area contributed by atoms with Crippen LogP contribution in [0.15, 0.2) is 36.3 Å². The molecule has 0 aliphatic carbocycles. The summed E-state index contributed by atoms with van der Waals surface area (Å²) in [5, 5.41) is 0. The van der Waals surface area contributed by atoms with Crippen LogP contribution in [0.25, 0.3) is 0 Å². The maximum Gasteiger partial charge on any atom is 0.267 e. The summed E-state index contributed by atoms with van der Waals surface area (Å²) in [6, 6.07) is 6.39. The lowest BCUT2D eigenvalue weighted by Gasteiger charge is -2.10. The number of imide groups is 1. The molecule has 2 rings (SSSR count). The van der Waals surface area contributed by atoms with Crippen LogP contribution in [0.4, 0.5) is 4.39 Å². The molecule has 0 bridgehead atoms. The summed E-state index contributed by atoms with van der Waals surface area (Å²) in [7, 11) is 0. The van der Waals surface area contributed by atoms with Gasteiger partial charge in [-0.05, 0) is 31.1 Å². The van der Waals surface area contributed by atoms with E-state index in [4.69, 9.17) is 0 Å². The summed E-state index contributed by atoms with van der Waals surface area (Å²) in [4.78, 5) is 24.4. The highest BCUT2D eigenvalue weighted by molar-refractivity contribution is 6.22. The Bertz CT molecular complexity index is 487. The van der Waals surface area contributed by atoms with E-state index in [-0.39, 0.29) is 11.1 Å². The Hall–Kier alpha value is -1.97. The second-order valence-corrected chi connectivity index (χ2v) is 4.16. The molecule has 18 heavy (non-hydrogen) atoms. The van der Waals surface area contributed by atoms with Crippen LogP contribution < -0.4 is 0 Å². The molecule has 2 amide bonds. The maximum atomic E-state index is 13.8. The molecule has 1 aromatic rings. The van der Waals surface area contributed by atoms with Crippen molar-refractivity contribution < 1.29 is 14.0 Å². The zero-order chi connectivity index (χ0) is 13.1. The Morgan fingerprint density at radius 3 is 2.28 bits per heavy atom. The summed E-state index contributed by atoms with van der Waals surface area (Å²) in [6.45, 7) is 1.99. The maximum absolute atomic E-state index is 13.8. The van der Waals surface area contributed by atoms with E-state index in [0.717, 1.165) is 12.8 Å². The lowest BCUT2D eigenvalue weighted by Crippen LogP contribution is -2.27. The van der Waals surface area contributed by atoms with Crippen molar-refractivity contribution in [3.05, 3.63) is 47.4 Å². The van der Waals surface area contributed by atoms with Crippen molar-refractivity contribution in [3.8, 4) is 0 Å². The first-order chi connectivity index (χ1) is 8.66. The van der Waals surface area contributed by atoms with Crippen LogP contribution in [-0.2, 0) is 0 Å². The lowest BCUT2D eigenvalue weighted by molar-refractivity contribution is 0.0668. The number of rotatable bonds is 4. The Balaban J connectivity index is 2.26. The molecule has 3 nitrogen and oxygen atoms in total. The molecule has 0 unspecified atom stereocenters. The second-order valence-electron chi connectivity index (χ2n) is 4.16. The van der Waals surface area contributed by atoms with Crippen LogP contribution in [0.2, 0.25) is 0 Å². The SMILES string of the molecule is CCCC/C=C(/F)N1C(=O)c2ccccc2C1=O. The molecule has 0 aromatic heterocycles. The van der Waals surface area contributed by atoms with Gasteiger partial charge in [0.05, 0.1) is 11.1 Å². The average Bonchev–Trinajstić information content (AvgIpc) is 2.63. The fraction of sp³-hybridized carbons (Fsp3) is 0.286. The molecule has 0 atom stereocenters. The number of hydrogen-bond acceptors (Lipinski definition) is 2. The molecular formula is C14H14FNO2. The number of amides is 2. The topological polar surface area (TPSA) is 37.4 Å². The highest BCUT2D eigenvalue weighted by Crippen LogP contribution is 2.26. The van der Waals surface area contributed by atoms with Crippen molar-refractivity contribution in [1.82, 2.24) is 4.90 Å². The molecule has 1 heterocycles. The fourth-order valence-electron chi connectivity index (χ4n) is 1.90. The monoisotopic (exact) mass is 247 g/mol. The zero-order valence-corrected chi connectivity index (χ0v) is 10.1. The molecule has 0 saturated heterocycles. The summed E-state index contributed by atoms with van der Waals surface area (Å²) in [5.41, 5.74) is 0.531. The summed E-state index contributed by atoms with van der Waals surface area (Å²) in [6.07, 6.45) is 3.59. The van der Waals surface area contributed by atoms with Crippen molar-refractivity contribution in [1.29, 1.82) is 0 Å². The largest absolute Gasteiger partial charge is 0.268 e. The highest BCUT2D eigenvalue weighted by atomic mass is 19.1. The van der Waals surface area contributed by atoms with Crippen LogP contribution in [0.1, 0.15) is 46.9 Å². The van der Waals surface area contributed by atoms with Gasteiger partial charge in [-0.25, -0.2) is 4.90 Å². The van der Waals surface area contributed by atoms with E-state index in [1.165, 1.54) is 18.2 Å². The number of nitrogens with zero attached hydrogens (tertiary/aromatic N) is 1. The van der Waals surface area contributed by atoms with Gasteiger partial charge in [-0.2, -0.15) is 4.39 Å². The smallest absolute Gasteiger partial charge is 0.267 e. The van der Waals surface area contributed by atoms with Crippen molar-refractivity contribution in [2.24, 2.45) is 0 Å². The first-order valence-corrected chi connectivity index (χ1v) is 6.00. The van der Waals surface area contributed by atoms with E-state index >= 15 is 0 Å². The quantitative estimate of drug-likeness (QED) is 0.465. The number of fused-ring (bicyclic) bond motifs is 1. The molecule has 0 spiro atoms. The normalized spacial score (nSPS) is 15.2. The molecule has 0 fully saturated rings. The highest BCUT2D eigenvalue weighted by Gasteiger charge is 2.37. The number of carbonyl (C=O) groups is 2. The Kier molecular flexibility index (Phi) is 3.55. The Morgan fingerprint density at radius 2 is 1.78 bits per heavy atom. The van der Waals surface area contributed by atoms with Crippen molar-refractivity contribution in [2.45, 2.75) is 26.2 Å². The van der Waals surface area contributed by atoms with Gasteiger partial charge in [-0.3, -0.25) is 9.59 Å². The molecule has 0 saturated carbocycles. The molecule has 1 aliphatic heterocycles. The number of allylic oxidation sites excluding steroid dienone is 1. The third-order valence-corrected chi connectivity index (χ3v) is 2.88. The molecule has 4 heteroatoms. The van der Waals surface area contributed by atoms with Crippen molar-refractivity contribution >= 4 is 11.8 Å². The summed E-state index contributed by atoms with van der Waals surface area (Å²) >= 11 is 0. The van der Waals surface area contributed by atoms with Crippen molar-refractivity contribution in [2.75, 3.05) is 0 Å². The number of halogens is 1. The first kappa shape index (κ1) is 12.5. The van der Waals surface area contributed by atoms with Gasteiger partial charge < -0.3 is 0 Å². The molecule has 1 aromatic carbocycles. The number of carbonyl (C=O) groups excluding carboxylic acids is 2. The minimum Gasteiger partial charge on any atom is -0.268 e. The molecule has 94 valence electrons. The second kappa shape index (κ2) is 5.12.